The van der Waals surface area contributed by atoms with Crippen molar-refractivity contribution in [1.29, 1.82) is 0 Å². The summed E-state index contributed by atoms with van der Waals surface area (Å²) < 4.78 is 7.21. The average Bonchev–Trinajstić information content (AvgIpc) is 2.75. The van der Waals surface area contributed by atoms with E-state index in [-0.39, 0.29) is 0 Å². The normalized spacial score (nSPS) is 10.5. The van der Waals surface area contributed by atoms with Gasteiger partial charge in [0, 0.05) is 12.7 Å². The molecule has 2 heterocycles. The number of nitrogens with one attached hydrogen (secondary N) is 1. The number of halogens is 2. The van der Waals surface area contributed by atoms with Gasteiger partial charge in [0.1, 0.15) is 5.82 Å². The zero-order chi connectivity index (χ0) is 12.3. The van der Waals surface area contributed by atoms with E-state index in [4.69, 9.17) is 4.42 Å². The molecule has 0 amide bonds. The van der Waals surface area contributed by atoms with E-state index in [1.165, 1.54) is 0 Å². The van der Waals surface area contributed by atoms with E-state index in [9.17, 15) is 0 Å². The summed E-state index contributed by atoms with van der Waals surface area (Å²) in [6.45, 7) is 3.01. The van der Waals surface area contributed by atoms with Crippen LogP contribution in [0.15, 0.2) is 27.4 Å². The Balaban J connectivity index is 2.34. The van der Waals surface area contributed by atoms with Crippen LogP contribution in [0.2, 0.25) is 0 Å². The minimum absolute atomic E-state index is 0.584. The third-order valence-electron chi connectivity index (χ3n) is 2.11. The lowest BCUT2D eigenvalue weighted by molar-refractivity contribution is 0.576. The molecule has 0 atom stereocenters. The summed E-state index contributed by atoms with van der Waals surface area (Å²) in [6, 6.07) is 1.83. The molecule has 0 bridgehead atoms. The van der Waals surface area contributed by atoms with Crippen molar-refractivity contribution >= 4 is 44.3 Å². The molecular weight excluding hydrogens is 397 g/mol. The fraction of sp³-hybridized carbons (Fsp3) is 0.273. The van der Waals surface area contributed by atoms with E-state index in [1.807, 2.05) is 6.07 Å². The number of rotatable bonds is 4. The molecule has 0 aromatic carbocycles. The van der Waals surface area contributed by atoms with Crippen LogP contribution in [0.1, 0.15) is 13.3 Å². The predicted molar refractivity (Wildman–Crippen MR) is 78.9 cm³/mol. The second kappa shape index (κ2) is 5.81. The van der Waals surface area contributed by atoms with Crippen LogP contribution in [-0.2, 0) is 0 Å². The van der Waals surface area contributed by atoms with Gasteiger partial charge in [-0.1, -0.05) is 6.92 Å². The fourth-order valence-electron chi connectivity index (χ4n) is 1.30. The molecule has 0 aliphatic heterocycles. The van der Waals surface area contributed by atoms with Gasteiger partial charge < -0.3 is 9.73 Å². The van der Waals surface area contributed by atoms with Crippen LogP contribution >= 0.6 is 38.5 Å². The van der Waals surface area contributed by atoms with Gasteiger partial charge in [-0.3, -0.25) is 0 Å². The van der Waals surface area contributed by atoms with Crippen LogP contribution in [0.3, 0.4) is 0 Å². The standard InChI is InChI=1S/C11H11BrIN3O/c1-2-4-14-10-8(13)6-15-11(16-10)9-7(12)3-5-17-9/h3,5-6H,2,4H2,1H3,(H,14,15,16). The van der Waals surface area contributed by atoms with Crippen molar-refractivity contribution < 1.29 is 4.42 Å². The lowest BCUT2D eigenvalue weighted by Crippen LogP contribution is -2.05. The van der Waals surface area contributed by atoms with Crippen molar-refractivity contribution in [1.82, 2.24) is 9.97 Å². The molecular formula is C11H11BrIN3O. The van der Waals surface area contributed by atoms with Gasteiger partial charge in [-0.15, -0.1) is 0 Å². The molecule has 6 heteroatoms. The highest BCUT2D eigenvalue weighted by molar-refractivity contribution is 14.1. The van der Waals surface area contributed by atoms with Crippen LogP contribution < -0.4 is 5.32 Å². The highest BCUT2D eigenvalue weighted by Gasteiger charge is 2.12. The SMILES string of the molecule is CCCNc1nc(-c2occc2Br)ncc1I. The molecule has 0 saturated carbocycles. The van der Waals surface area contributed by atoms with Crippen LogP contribution in [0.5, 0.6) is 0 Å². The third-order valence-corrected chi connectivity index (χ3v) is 3.52. The Morgan fingerprint density at radius 2 is 2.35 bits per heavy atom. The van der Waals surface area contributed by atoms with E-state index < -0.39 is 0 Å². The quantitative estimate of drug-likeness (QED) is 0.780. The van der Waals surface area contributed by atoms with Gasteiger partial charge in [0.05, 0.1) is 14.3 Å². The van der Waals surface area contributed by atoms with Gasteiger partial charge in [-0.25, -0.2) is 9.97 Å². The van der Waals surface area contributed by atoms with E-state index >= 15 is 0 Å². The molecule has 2 rings (SSSR count). The third kappa shape index (κ3) is 2.98. The Bertz CT molecular complexity index is 515. The fourth-order valence-corrected chi connectivity index (χ4v) is 2.13. The summed E-state index contributed by atoms with van der Waals surface area (Å²) in [5, 5.41) is 3.27. The largest absolute Gasteiger partial charge is 0.460 e. The zero-order valence-electron chi connectivity index (χ0n) is 9.20. The molecule has 1 N–H and O–H groups in total. The molecule has 0 spiro atoms. The molecule has 2 aromatic heterocycles. The van der Waals surface area contributed by atoms with E-state index in [2.05, 4.69) is 60.7 Å². The van der Waals surface area contributed by atoms with Crippen LogP contribution in [0.4, 0.5) is 5.82 Å². The number of hydrogen-bond acceptors (Lipinski definition) is 4. The lowest BCUT2D eigenvalue weighted by atomic mass is 10.4. The van der Waals surface area contributed by atoms with Crippen molar-refractivity contribution in [3.8, 4) is 11.6 Å². The topological polar surface area (TPSA) is 51.0 Å². The van der Waals surface area contributed by atoms with Crippen molar-refractivity contribution in [3.63, 3.8) is 0 Å². The molecule has 0 aliphatic rings. The second-order valence-corrected chi connectivity index (χ2v) is 5.43. The molecule has 4 nitrogen and oxygen atoms in total. The van der Waals surface area contributed by atoms with Gasteiger partial charge in [0.15, 0.2) is 11.6 Å². The Morgan fingerprint density at radius 3 is 3.00 bits per heavy atom. The maximum Gasteiger partial charge on any atom is 0.198 e. The van der Waals surface area contributed by atoms with Crippen molar-refractivity contribution in [3.05, 3.63) is 26.6 Å². The molecule has 0 unspecified atom stereocenters. The summed E-state index contributed by atoms with van der Waals surface area (Å²) in [5.74, 6) is 2.09. The monoisotopic (exact) mass is 407 g/mol. The molecule has 0 saturated heterocycles. The number of nitrogens with zero attached hydrogens (tertiary/aromatic N) is 2. The summed E-state index contributed by atoms with van der Waals surface area (Å²) in [7, 11) is 0. The molecule has 0 radical (unpaired) electrons. The first-order chi connectivity index (χ1) is 8.22. The average molecular weight is 408 g/mol. The van der Waals surface area contributed by atoms with Gasteiger partial charge >= 0.3 is 0 Å². The van der Waals surface area contributed by atoms with Gasteiger partial charge in [0.25, 0.3) is 0 Å². The number of furan rings is 1. The van der Waals surface area contributed by atoms with E-state index in [1.54, 1.807) is 12.5 Å². The molecule has 2 aromatic rings. The Kier molecular flexibility index (Phi) is 4.38. The van der Waals surface area contributed by atoms with Gasteiger partial charge in [-0.05, 0) is 51.0 Å². The number of hydrogen-bond donors (Lipinski definition) is 1. The molecule has 17 heavy (non-hydrogen) atoms. The van der Waals surface area contributed by atoms with E-state index in [0.717, 1.165) is 26.8 Å². The predicted octanol–water partition coefficient (Wildman–Crippen LogP) is 3.93. The highest BCUT2D eigenvalue weighted by atomic mass is 127. The van der Waals surface area contributed by atoms with Crippen molar-refractivity contribution in [2.75, 3.05) is 11.9 Å². The minimum atomic E-state index is 0.584. The summed E-state index contributed by atoms with van der Waals surface area (Å²) in [6.07, 6.45) is 4.45. The summed E-state index contributed by atoms with van der Waals surface area (Å²) in [4.78, 5) is 8.73. The lowest BCUT2D eigenvalue weighted by Gasteiger charge is -2.07. The summed E-state index contributed by atoms with van der Waals surface area (Å²) in [5.41, 5.74) is 0. The smallest absolute Gasteiger partial charge is 0.198 e. The van der Waals surface area contributed by atoms with Crippen molar-refractivity contribution in [2.24, 2.45) is 0 Å². The van der Waals surface area contributed by atoms with Gasteiger partial charge in [0.2, 0.25) is 0 Å². The summed E-state index contributed by atoms with van der Waals surface area (Å²) >= 11 is 5.62. The minimum Gasteiger partial charge on any atom is -0.460 e. The maximum atomic E-state index is 5.35. The Morgan fingerprint density at radius 1 is 1.53 bits per heavy atom. The zero-order valence-corrected chi connectivity index (χ0v) is 12.9. The van der Waals surface area contributed by atoms with Gasteiger partial charge in [-0.2, -0.15) is 0 Å². The highest BCUT2D eigenvalue weighted by Crippen LogP contribution is 2.28. The molecule has 90 valence electrons. The van der Waals surface area contributed by atoms with E-state index in [0.29, 0.717) is 11.6 Å². The van der Waals surface area contributed by atoms with Crippen molar-refractivity contribution in [2.45, 2.75) is 13.3 Å². The number of anilines is 1. The first-order valence-corrected chi connectivity index (χ1v) is 7.09. The van der Waals surface area contributed by atoms with Crippen LogP contribution in [-0.4, -0.2) is 16.5 Å². The second-order valence-electron chi connectivity index (χ2n) is 3.41. The maximum absolute atomic E-state index is 5.35. The van der Waals surface area contributed by atoms with Crippen LogP contribution in [0, 0.1) is 3.57 Å². The number of aromatic nitrogens is 2. The molecule has 0 aliphatic carbocycles. The first kappa shape index (κ1) is 12.8. The Labute approximate surface area is 121 Å². The molecule has 0 fully saturated rings. The Hall–Kier alpha value is -0.630. The van der Waals surface area contributed by atoms with Crippen LogP contribution in [0.25, 0.3) is 11.6 Å². The first-order valence-electron chi connectivity index (χ1n) is 5.22.